The van der Waals surface area contributed by atoms with Crippen LogP contribution in [-0.4, -0.2) is 44.7 Å². The van der Waals surface area contributed by atoms with Gasteiger partial charge in [0.15, 0.2) is 5.16 Å². The van der Waals surface area contributed by atoms with E-state index in [2.05, 4.69) is 49.7 Å². The van der Waals surface area contributed by atoms with Crippen molar-refractivity contribution in [3.05, 3.63) is 0 Å². The molecule has 0 aromatic carbocycles. The highest BCUT2D eigenvalue weighted by Gasteiger charge is 2.27. The summed E-state index contributed by atoms with van der Waals surface area (Å²) in [4.78, 5) is 12.9. The molecule has 1 heterocycles. The van der Waals surface area contributed by atoms with E-state index in [9.17, 15) is 4.79 Å². The number of hydrogen-bond donors (Lipinski definition) is 1. The quantitative estimate of drug-likeness (QED) is 0.780. The van der Waals surface area contributed by atoms with Crippen LogP contribution in [0.4, 0.5) is 5.95 Å². The summed E-state index contributed by atoms with van der Waals surface area (Å²) in [5.74, 6) is -0.0448. The molecular weight excluding hydrogens is 288 g/mol. The maximum absolute atomic E-state index is 10.7. The van der Waals surface area contributed by atoms with E-state index in [4.69, 9.17) is 5.11 Å². The largest absolute Gasteiger partial charge is 0.481 e. The van der Waals surface area contributed by atoms with Gasteiger partial charge in [-0.2, -0.15) is 0 Å². The van der Waals surface area contributed by atoms with E-state index in [-0.39, 0.29) is 17.2 Å². The van der Waals surface area contributed by atoms with E-state index in [1.54, 1.807) is 0 Å². The first-order valence-corrected chi connectivity index (χ1v) is 8.17. The smallest absolute Gasteiger partial charge is 0.313 e. The van der Waals surface area contributed by atoms with Gasteiger partial charge in [-0.15, -0.1) is 10.2 Å². The highest BCUT2D eigenvalue weighted by Crippen LogP contribution is 2.28. The summed E-state index contributed by atoms with van der Waals surface area (Å²) in [6, 6.07) is 0.287. The average molecular weight is 314 g/mol. The molecular formula is C14H26N4O2S. The van der Waals surface area contributed by atoms with E-state index >= 15 is 0 Å². The number of rotatable bonds is 7. The van der Waals surface area contributed by atoms with Gasteiger partial charge in [-0.25, -0.2) is 0 Å². The van der Waals surface area contributed by atoms with Gasteiger partial charge in [-0.05, 0) is 18.8 Å². The number of thioether (sulfide) groups is 1. The second-order valence-electron chi connectivity index (χ2n) is 6.27. The lowest BCUT2D eigenvalue weighted by molar-refractivity contribution is -0.133. The third-order valence-corrected chi connectivity index (χ3v) is 4.57. The maximum atomic E-state index is 10.7. The Hall–Kier alpha value is -1.24. The van der Waals surface area contributed by atoms with E-state index in [0.717, 1.165) is 18.9 Å². The molecule has 0 aliphatic heterocycles. The number of anilines is 1. The molecule has 1 atom stereocenters. The number of carbonyl (C=O) groups is 1. The van der Waals surface area contributed by atoms with Gasteiger partial charge in [-0.1, -0.05) is 39.5 Å². The lowest BCUT2D eigenvalue weighted by atomic mass is 9.87. The summed E-state index contributed by atoms with van der Waals surface area (Å²) in [6.45, 7) is 11.6. The monoisotopic (exact) mass is 314 g/mol. The minimum absolute atomic E-state index is 0.000383. The number of nitrogens with zero attached hydrogens (tertiary/aromatic N) is 4. The van der Waals surface area contributed by atoms with Gasteiger partial charge in [0.1, 0.15) is 0 Å². The van der Waals surface area contributed by atoms with Crippen LogP contribution in [-0.2, 0) is 11.3 Å². The van der Waals surface area contributed by atoms with Crippen LogP contribution in [0, 0.1) is 5.41 Å². The van der Waals surface area contributed by atoms with Crippen LogP contribution in [0.15, 0.2) is 5.16 Å². The number of carboxylic acid groups (broad SMARTS) is 1. The summed E-state index contributed by atoms with van der Waals surface area (Å²) in [6.07, 6.45) is 0.948. The average Bonchev–Trinajstić information content (AvgIpc) is 2.77. The van der Waals surface area contributed by atoms with Crippen LogP contribution in [0.3, 0.4) is 0 Å². The van der Waals surface area contributed by atoms with Crippen molar-refractivity contribution in [2.24, 2.45) is 5.41 Å². The molecule has 0 spiro atoms. The number of carboxylic acids is 1. The molecule has 1 rings (SSSR count). The summed E-state index contributed by atoms with van der Waals surface area (Å²) in [5, 5.41) is 17.9. The number of aliphatic carboxylic acids is 1. The fourth-order valence-corrected chi connectivity index (χ4v) is 2.63. The normalized spacial score (nSPS) is 13.2. The van der Waals surface area contributed by atoms with Gasteiger partial charge >= 0.3 is 5.97 Å². The minimum Gasteiger partial charge on any atom is -0.481 e. The van der Waals surface area contributed by atoms with Crippen molar-refractivity contribution >= 4 is 23.7 Å². The SMILES string of the molecule is CCCn1c(SCC(=O)O)nnc1N(C)C(C)C(C)(C)C. The van der Waals surface area contributed by atoms with Crippen LogP contribution >= 0.6 is 11.8 Å². The second kappa shape index (κ2) is 7.15. The summed E-state index contributed by atoms with van der Waals surface area (Å²) in [5.41, 5.74) is 0.117. The lowest BCUT2D eigenvalue weighted by Crippen LogP contribution is -2.40. The van der Waals surface area contributed by atoms with Crippen LogP contribution in [0.2, 0.25) is 0 Å². The maximum Gasteiger partial charge on any atom is 0.313 e. The molecule has 6 nitrogen and oxygen atoms in total. The third-order valence-electron chi connectivity index (χ3n) is 3.62. The van der Waals surface area contributed by atoms with Crippen molar-refractivity contribution in [2.75, 3.05) is 17.7 Å². The first kappa shape index (κ1) is 17.8. The van der Waals surface area contributed by atoms with Crippen molar-refractivity contribution in [3.8, 4) is 0 Å². The molecule has 1 aromatic heterocycles. The van der Waals surface area contributed by atoms with Crippen LogP contribution in [0.5, 0.6) is 0 Å². The molecule has 1 N–H and O–H groups in total. The van der Waals surface area contributed by atoms with E-state index in [1.165, 1.54) is 11.8 Å². The fourth-order valence-electron chi connectivity index (χ4n) is 1.95. The molecule has 0 fully saturated rings. The molecule has 0 saturated heterocycles. The molecule has 1 aromatic rings. The minimum atomic E-state index is -0.844. The Bertz CT molecular complexity index is 482. The topological polar surface area (TPSA) is 71.2 Å². The molecule has 0 radical (unpaired) electrons. The van der Waals surface area contributed by atoms with Gasteiger partial charge in [0.2, 0.25) is 5.95 Å². The molecule has 120 valence electrons. The second-order valence-corrected chi connectivity index (χ2v) is 7.21. The molecule has 0 amide bonds. The molecule has 0 saturated carbocycles. The molecule has 7 heteroatoms. The Kier molecular flexibility index (Phi) is 6.07. The lowest BCUT2D eigenvalue weighted by Gasteiger charge is -2.35. The number of aromatic nitrogens is 3. The van der Waals surface area contributed by atoms with Gasteiger partial charge in [0, 0.05) is 19.6 Å². The summed E-state index contributed by atoms with van der Waals surface area (Å²) in [7, 11) is 2.01. The van der Waals surface area contributed by atoms with E-state index < -0.39 is 5.97 Å². The van der Waals surface area contributed by atoms with Crippen LogP contribution in [0.25, 0.3) is 0 Å². The Balaban J connectivity index is 3.03. The van der Waals surface area contributed by atoms with Gasteiger partial charge in [-0.3, -0.25) is 9.36 Å². The highest BCUT2D eigenvalue weighted by atomic mass is 32.2. The Labute approximate surface area is 130 Å². The van der Waals surface area contributed by atoms with E-state index in [0.29, 0.717) is 5.16 Å². The van der Waals surface area contributed by atoms with E-state index in [1.807, 2.05) is 11.6 Å². The number of hydrogen-bond acceptors (Lipinski definition) is 5. The van der Waals surface area contributed by atoms with Gasteiger partial charge < -0.3 is 10.0 Å². The van der Waals surface area contributed by atoms with Crippen molar-refractivity contribution < 1.29 is 9.90 Å². The first-order valence-electron chi connectivity index (χ1n) is 7.19. The van der Waals surface area contributed by atoms with Crippen molar-refractivity contribution in [3.63, 3.8) is 0 Å². The fraction of sp³-hybridized carbons (Fsp3) is 0.786. The van der Waals surface area contributed by atoms with Crippen molar-refractivity contribution in [1.29, 1.82) is 0 Å². The molecule has 0 bridgehead atoms. The Morgan fingerprint density at radius 2 is 2.05 bits per heavy atom. The zero-order valence-electron chi connectivity index (χ0n) is 13.8. The standard InChI is InChI=1S/C14H26N4O2S/c1-7-8-18-12(17(6)10(2)14(3,4)5)15-16-13(18)21-9-11(19)20/h10H,7-9H2,1-6H3,(H,19,20). The predicted molar refractivity (Wildman–Crippen MR) is 86.0 cm³/mol. The molecule has 0 aliphatic carbocycles. The highest BCUT2D eigenvalue weighted by molar-refractivity contribution is 7.99. The molecule has 21 heavy (non-hydrogen) atoms. The van der Waals surface area contributed by atoms with Crippen molar-refractivity contribution in [1.82, 2.24) is 14.8 Å². The molecule has 0 aliphatic rings. The van der Waals surface area contributed by atoms with Gasteiger partial charge in [0.25, 0.3) is 0 Å². The third kappa shape index (κ3) is 4.62. The summed E-state index contributed by atoms with van der Waals surface area (Å²) < 4.78 is 2.01. The zero-order chi connectivity index (χ0) is 16.2. The van der Waals surface area contributed by atoms with Crippen LogP contribution in [0.1, 0.15) is 41.0 Å². The van der Waals surface area contributed by atoms with Crippen LogP contribution < -0.4 is 4.90 Å². The zero-order valence-corrected chi connectivity index (χ0v) is 14.6. The summed E-state index contributed by atoms with van der Waals surface area (Å²) >= 11 is 1.22. The van der Waals surface area contributed by atoms with Gasteiger partial charge in [0.05, 0.1) is 5.75 Å². The van der Waals surface area contributed by atoms with Crippen molar-refractivity contribution in [2.45, 2.75) is 58.8 Å². The molecule has 1 unspecified atom stereocenters. The Morgan fingerprint density at radius 3 is 2.52 bits per heavy atom. The Morgan fingerprint density at radius 1 is 1.43 bits per heavy atom. The predicted octanol–water partition coefficient (Wildman–Crippen LogP) is 2.74. The first-order chi connectivity index (χ1) is 9.68.